The van der Waals surface area contributed by atoms with E-state index in [1.165, 1.54) is 19.3 Å². The Labute approximate surface area is 121 Å². The molecule has 20 heavy (non-hydrogen) atoms. The van der Waals surface area contributed by atoms with Gasteiger partial charge in [-0.3, -0.25) is 0 Å². The van der Waals surface area contributed by atoms with E-state index in [0.717, 1.165) is 23.6 Å². The summed E-state index contributed by atoms with van der Waals surface area (Å²) in [5.74, 6) is 1.88. The summed E-state index contributed by atoms with van der Waals surface area (Å²) < 4.78 is 12.7. The molecule has 2 aromatic carbocycles. The molecule has 2 aromatic rings. The highest BCUT2D eigenvalue weighted by Crippen LogP contribution is 2.33. The van der Waals surface area contributed by atoms with E-state index in [9.17, 15) is 0 Å². The van der Waals surface area contributed by atoms with Crippen molar-refractivity contribution in [3.8, 4) is 11.5 Å². The third-order valence-electron chi connectivity index (χ3n) is 3.71. The first-order chi connectivity index (χ1) is 9.86. The van der Waals surface area contributed by atoms with Gasteiger partial charge >= 0.3 is 8.56 Å². The Morgan fingerprint density at radius 3 is 1.50 bits per heavy atom. The van der Waals surface area contributed by atoms with Crippen molar-refractivity contribution in [3.05, 3.63) is 60.7 Å². The second kappa shape index (κ2) is 6.14. The molecule has 1 aliphatic rings. The van der Waals surface area contributed by atoms with Gasteiger partial charge in [0.1, 0.15) is 11.5 Å². The van der Waals surface area contributed by atoms with Crippen LogP contribution in [0.4, 0.5) is 0 Å². The van der Waals surface area contributed by atoms with Gasteiger partial charge in [-0.05, 0) is 37.1 Å². The maximum Gasteiger partial charge on any atom is 0.460 e. The molecule has 0 aromatic heterocycles. The quantitative estimate of drug-likeness (QED) is 0.753. The molecule has 0 N–H and O–H groups in total. The molecule has 104 valence electrons. The van der Waals surface area contributed by atoms with Crippen molar-refractivity contribution < 1.29 is 8.85 Å². The van der Waals surface area contributed by atoms with Crippen LogP contribution in [0.2, 0.25) is 12.1 Å². The Morgan fingerprint density at radius 2 is 1.05 bits per heavy atom. The molecule has 0 atom stereocenters. The summed E-state index contributed by atoms with van der Waals surface area (Å²) in [4.78, 5) is 0. The molecule has 3 rings (SSSR count). The second-order valence-electron chi connectivity index (χ2n) is 5.30. The van der Waals surface area contributed by atoms with Crippen molar-refractivity contribution in [3.63, 3.8) is 0 Å². The summed E-state index contributed by atoms with van der Waals surface area (Å²) in [6, 6.07) is 22.4. The number of benzene rings is 2. The Hall–Kier alpha value is -1.74. The first kappa shape index (κ1) is 13.2. The summed E-state index contributed by atoms with van der Waals surface area (Å²) in [5, 5.41) is 0. The van der Waals surface area contributed by atoms with E-state index < -0.39 is 8.56 Å². The van der Waals surface area contributed by atoms with E-state index in [2.05, 4.69) is 0 Å². The van der Waals surface area contributed by atoms with Crippen molar-refractivity contribution >= 4 is 8.56 Å². The minimum atomic E-state index is -2.16. The van der Waals surface area contributed by atoms with Crippen LogP contribution in [0.5, 0.6) is 11.5 Å². The van der Waals surface area contributed by atoms with Crippen molar-refractivity contribution in [1.29, 1.82) is 0 Å². The minimum absolute atomic E-state index is 0.942. The largest absolute Gasteiger partial charge is 0.512 e. The normalized spacial score (nSPS) is 17.4. The molecule has 1 saturated heterocycles. The molecule has 1 heterocycles. The lowest BCUT2D eigenvalue weighted by atomic mass is 10.3. The van der Waals surface area contributed by atoms with Gasteiger partial charge < -0.3 is 8.85 Å². The fraction of sp³-hybridized carbons (Fsp3) is 0.294. The number of hydrogen-bond donors (Lipinski definition) is 0. The third-order valence-corrected chi connectivity index (χ3v) is 7.16. The average Bonchev–Trinajstić information content (AvgIpc) is 2.50. The van der Waals surface area contributed by atoms with Gasteiger partial charge in [0, 0.05) is 12.1 Å². The zero-order chi connectivity index (χ0) is 13.7. The van der Waals surface area contributed by atoms with Gasteiger partial charge in [0.25, 0.3) is 0 Å². The summed E-state index contributed by atoms with van der Waals surface area (Å²) in [6.45, 7) is 0. The van der Waals surface area contributed by atoms with Gasteiger partial charge in [-0.25, -0.2) is 0 Å². The van der Waals surface area contributed by atoms with E-state index in [0.29, 0.717) is 0 Å². The lowest BCUT2D eigenvalue weighted by Crippen LogP contribution is -2.49. The first-order valence-corrected chi connectivity index (χ1v) is 9.58. The molecule has 1 fully saturated rings. The highest BCUT2D eigenvalue weighted by molar-refractivity contribution is 6.69. The fourth-order valence-electron chi connectivity index (χ4n) is 2.72. The zero-order valence-corrected chi connectivity index (χ0v) is 12.6. The zero-order valence-electron chi connectivity index (χ0n) is 11.6. The highest BCUT2D eigenvalue weighted by atomic mass is 28.4. The van der Waals surface area contributed by atoms with Crippen molar-refractivity contribution in [2.75, 3.05) is 0 Å². The molecular weight excluding hydrogens is 264 g/mol. The number of hydrogen-bond acceptors (Lipinski definition) is 2. The molecular formula is C17H20O2Si. The summed E-state index contributed by atoms with van der Waals surface area (Å²) in [5.41, 5.74) is 0. The molecule has 0 aliphatic carbocycles. The van der Waals surface area contributed by atoms with Crippen LogP contribution in [0.1, 0.15) is 19.3 Å². The van der Waals surface area contributed by atoms with Crippen LogP contribution in [-0.4, -0.2) is 8.56 Å². The summed E-state index contributed by atoms with van der Waals surface area (Å²) >= 11 is 0. The van der Waals surface area contributed by atoms with Crippen molar-refractivity contribution in [1.82, 2.24) is 0 Å². The van der Waals surface area contributed by atoms with Gasteiger partial charge in [0.2, 0.25) is 0 Å². The molecule has 1 aliphatic heterocycles. The molecule has 0 unspecified atom stereocenters. The van der Waals surface area contributed by atoms with E-state index in [4.69, 9.17) is 8.85 Å². The van der Waals surface area contributed by atoms with E-state index >= 15 is 0 Å². The Bertz CT molecular complexity index is 478. The van der Waals surface area contributed by atoms with Gasteiger partial charge in [-0.1, -0.05) is 42.8 Å². The van der Waals surface area contributed by atoms with Crippen LogP contribution in [0, 0.1) is 0 Å². The van der Waals surface area contributed by atoms with Gasteiger partial charge in [-0.15, -0.1) is 0 Å². The topological polar surface area (TPSA) is 18.5 Å². The van der Waals surface area contributed by atoms with E-state index in [1.807, 2.05) is 60.7 Å². The molecule has 3 heteroatoms. The summed E-state index contributed by atoms with van der Waals surface area (Å²) in [6.07, 6.45) is 3.73. The Kier molecular flexibility index (Phi) is 4.07. The number of para-hydroxylation sites is 2. The molecule has 0 bridgehead atoms. The van der Waals surface area contributed by atoms with Crippen molar-refractivity contribution in [2.45, 2.75) is 31.4 Å². The summed E-state index contributed by atoms with van der Waals surface area (Å²) in [7, 11) is -2.16. The van der Waals surface area contributed by atoms with Crippen LogP contribution in [-0.2, 0) is 0 Å². The number of rotatable bonds is 4. The van der Waals surface area contributed by atoms with Gasteiger partial charge in [-0.2, -0.15) is 0 Å². The molecule has 0 amide bonds. The predicted octanol–water partition coefficient (Wildman–Crippen LogP) is 4.77. The monoisotopic (exact) mass is 284 g/mol. The van der Waals surface area contributed by atoms with Crippen LogP contribution in [0.3, 0.4) is 0 Å². The van der Waals surface area contributed by atoms with Crippen LogP contribution in [0.25, 0.3) is 0 Å². The van der Waals surface area contributed by atoms with Crippen LogP contribution in [0.15, 0.2) is 60.7 Å². The SMILES string of the molecule is c1ccc(O[Si]2(Oc3ccccc3)CCCCC2)cc1. The standard InChI is InChI=1S/C17H20O2Si/c1-4-10-16(11-5-1)18-20(14-8-3-9-15-20)19-17-12-6-2-7-13-17/h1-2,4-7,10-13H,3,8-9,14-15H2. The fourth-order valence-corrected chi connectivity index (χ4v) is 6.13. The van der Waals surface area contributed by atoms with Gasteiger partial charge in [0.05, 0.1) is 0 Å². The highest BCUT2D eigenvalue weighted by Gasteiger charge is 2.43. The maximum absolute atomic E-state index is 6.36. The lowest BCUT2D eigenvalue weighted by Gasteiger charge is -2.34. The van der Waals surface area contributed by atoms with Crippen LogP contribution < -0.4 is 8.85 Å². The molecule has 0 radical (unpaired) electrons. The molecule has 2 nitrogen and oxygen atoms in total. The Morgan fingerprint density at radius 1 is 0.600 bits per heavy atom. The van der Waals surface area contributed by atoms with Gasteiger partial charge in [0.15, 0.2) is 0 Å². The predicted molar refractivity (Wildman–Crippen MR) is 83.4 cm³/mol. The average molecular weight is 284 g/mol. The lowest BCUT2D eigenvalue weighted by molar-refractivity contribution is 0.360. The third kappa shape index (κ3) is 3.22. The maximum atomic E-state index is 6.36. The van der Waals surface area contributed by atoms with E-state index in [-0.39, 0.29) is 0 Å². The smallest absolute Gasteiger partial charge is 0.460 e. The first-order valence-electron chi connectivity index (χ1n) is 7.34. The minimum Gasteiger partial charge on any atom is -0.512 e. The van der Waals surface area contributed by atoms with Crippen molar-refractivity contribution in [2.24, 2.45) is 0 Å². The molecule has 0 saturated carbocycles. The van der Waals surface area contributed by atoms with E-state index in [1.54, 1.807) is 0 Å². The molecule has 0 spiro atoms. The van der Waals surface area contributed by atoms with Crippen LogP contribution >= 0.6 is 0 Å². The second-order valence-corrected chi connectivity index (χ2v) is 8.53. The Balaban J connectivity index is 1.81.